The first-order valence-corrected chi connectivity index (χ1v) is 31.4. The molecule has 0 aliphatic rings. The summed E-state index contributed by atoms with van der Waals surface area (Å²) < 4.78 is 32.7. The van der Waals surface area contributed by atoms with Crippen molar-refractivity contribution in [1.82, 2.24) is 0 Å². The Balaban J connectivity index is 0.000000404. The second-order valence-corrected chi connectivity index (χ2v) is 21.4. The Morgan fingerprint density at radius 1 is 0.333 bits per heavy atom. The number of allylic oxidation sites excluding steroid dienone is 1. The molecule has 0 saturated carbocycles. The Kier molecular flexibility index (Phi) is 41.0. The van der Waals surface area contributed by atoms with E-state index in [1.165, 1.54) is 161 Å². The van der Waals surface area contributed by atoms with Crippen LogP contribution in [0.3, 0.4) is 0 Å². The van der Waals surface area contributed by atoms with Gasteiger partial charge in [0.25, 0.3) is 0 Å². The molecule has 0 bridgehead atoms. The standard InChI is InChI=1S/C31H56O3.C14H14O2.C11H12O2.2C10H10O2/c1-4-6-8-10-12-14-16-18-20-22-24-33-30-26-29(32-3)27-31(28-30)34-25-23-21-19-17-15-13-11-9-7-5-2;1-15-13-7-3-11(4-8-13)12-5-9-14(16-2)10-6-12;1-9(12)3-4-10-5-7-11(13-2)8-6-10;1-7(11)9-3-5-10(6-4-9)8(2)12;1-7(11)9-5-3-4-6-10(9)8(2)12/h26-28H,4-25H2,1-3H3;3-10H,1-2H3;3-8H,1-2H3;2*3-6H,1-2H3/b;;4-3+;;. The minimum atomic E-state index is -0.0687. The number of rotatable bonds is 35. The highest BCUT2D eigenvalue weighted by Crippen LogP contribution is 2.29. The molecular weight excluding hydrogens is 1090 g/mol. The average Bonchev–Trinajstić information content (AvgIpc) is 3.71. The van der Waals surface area contributed by atoms with Crippen molar-refractivity contribution in [3.63, 3.8) is 0 Å². The topological polar surface area (TPSA) is 141 Å². The Morgan fingerprint density at radius 2 is 0.632 bits per heavy atom. The molecule has 0 atom stereocenters. The molecule has 0 aliphatic carbocycles. The summed E-state index contributed by atoms with van der Waals surface area (Å²) in [5, 5.41) is 0. The highest BCUT2D eigenvalue weighted by molar-refractivity contribution is 6.07. The van der Waals surface area contributed by atoms with Crippen molar-refractivity contribution < 1.29 is 52.4 Å². The molecule has 472 valence electrons. The second kappa shape index (κ2) is 47.4. The Bertz CT molecular complexity index is 2690. The smallest absolute Gasteiger partial charge is 0.160 e. The summed E-state index contributed by atoms with van der Waals surface area (Å²) in [7, 11) is 6.67. The van der Waals surface area contributed by atoms with Gasteiger partial charge in [-0.05, 0) is 107 Å². The lowest BCUT2D eigenvalue weighted by molar-refractivity contribution is -0.112. The van der Waals surface area contributed by atoms with Crippen molar-refractivity contribution in [1.29, 1.82) is 0 Å². The molecular formula is C76H102O11. The highest BCUT2D eigenvalue weighted by atomic mass is 16.5. The zero-order valence-corrected chi connectivity index (χ0v) is 54.5. The van der Waals surface area contributed by atoms with Crippen LogP contribution >= 0.6 is 0 Å². The van der Waals surface area contributed by atoms with Gasteiger partial charge in [0.15, 0.2) is 28.9 Å². The lowest BCUT2D eigenvalue weighted by atomic mass is 10.0. The fourth-order valence-electron chi connectivity index (χ4n) is 8.92. The molecule has 0 radical (unpaired) electrons. The molecule has 0 fully saturated rings. The molecule has 6 aromatic rings. The van der Waals surface area contributed by atoms with Crippen LogP contribution in [-0.4, -0.2) is 70.6 Å². The molecule has 0 heterocycles. The van der Waals surface area contributed by atoms with Crippen LogP contribution in [0.4, 0.5) is 0 Å². The maximum Gasteiger partial charge on any atom is 0.160 e. The Labute approximate surface area is 522 Å². The highest BCUT2D eigenvalue weighted by Gasteiger charge is 2.09. The fraction of sp³-hybridized carbons (Fsp3) is 0.434. The van der Waals surface area contributed by atoms with Crippen molar-refractivity contribution in [3.05, 3.63) is 173 Å². The van der Waals surface area contributed by atoms with Gasteiger partial charge >= 0.3 is 0 Å². The third-order valence-corrected chi connectivity index (χ3v) is 14.1. The molecule has 6 aromatic carbocycles. The lowest BCUT2D eigenvalue weighted by Gasteiger charge is -2.12. The molecule has 6 rings (SSSR count). The van der Waals surface area contributed by atoms with E-state index in [4.69, 9.17) is 28.4 Å². The average molecular weight is 1190 g/mol. The third-order valence-electron chi connectivity index (χ3n) is 14.1. The summed E-state index contributed by atoms with van der Waals surface area (Å²) in [5.74, 6) is 5.03. The molecule has 0 amide bonds. The molecule has 87 heavy (non-hydrogen) atoms. The normalized spacial score (nSPS) is 10.3. The van der Waals surface area contributed by atoms with E-state index in [1.54, 1.807) is 89.1 Å². The quantitative estimate of drug-likeness (QED) is 0.0213. The van der Waals surface area contributed by atoms with Crippen LogP contribution in [0.25, 0.3) is 17.2 Å². The van der Waals surface area contributed by atoms with Crippen molar-refractivity contribution in [3.8, 4) is 45.6 Å². The van der Waals surface area contributed by atoms with E-state index in [0.717, 1.165) is 66.1 Å². The van der Waals surface area contributed by atoms with E-state index < -0.39 is 0 Å². The van der Waals surface area contributed by atoms with Crippen LogP contribution in [0, 0.1) is 0 Å². The monoisotopic (exact) mass is 1190 g/mol. The van der Waals surface area contributed by atoms with E-state index in [0.29, 0.717) is 22.3 Å². The first-order valence-electron chi connectivity index (χ1n) is 31.4. The molecule has 11 nitrogen and oxygen atoms in total. The van der Waals surface area contributed by atoms with E-state index >= 15 is 0 Å². The first kappa shape index (κ1) is 75.3. The van der Waals surface area contributed by atoms with E-state index in [9.17, 15) is 24.0 Å². The van der Waals surface area contributed by atoms with Gasteiger partial charge in [0.1, 0.15) is 34.5 Å². The van der Waals surface area contributed by atoms with E-state index in [-0.39, 0.29) is 28.9 Å². The van der Waals surface area contributed by atoms with Gasteiger partial charge in [-0.15, -0.1) is 0 Å². The predicted octanol–water partition coefficient (Wildman–Crippen LogP) is 20.1. The summed E-state index contributed by atoms with van der Waals surface area (Å²) in [4.78, 5) is 54.3. The number of methoxy groups -OCH3 is 4. The number of hydrogen-bond acceptors (Lipinski definition) is 11. The number of unbranched alkanes of at least 4 members (excludes halogenated alkanes) is 18. The summed E-state index contributed by atoms with van der Waals surface area (Å²) in [6, 6.07) is 43.0. The number of carbonyl (C=O) groups excluding carboxylic acids is 5. The Morgan fingerprint density at radius 3 is 0.920 bits per heavy atom. The minimum absolute atomic E-state index is 0.0186. The summed E-state index contributed by atoms with van der Waals surface area (Å²) in [5.41, 5.74) is 5.62. The van der Waals surface area contributed by atoms with Crippen LogP contribution in [0.15, 0.2) is 146 Å². The number of Topliss-reactive ketones (excluding diaryl/α,β-unsaturated/α-hetero) is 4. The molecule has 0 aromatic heterocycles. The minimum Gasteiger partial charge on any atom is -0.497 e. The van der Waals surface area contributed by atoms with Crippen LogP contribution < -0.4 is 28.4 Å². The molecule has 0 saturated heterocycles. The van der Waals surface area contributed by atoms with Crippen LogP contribution in [-0.2, 0) is 4.79 Å². The lowest BCUT2D eigenvalue weighted by Crippen LogP contribution is -2.02. The van der Waals surface area contributed by atoms with E-state index in [2.05, 4.69) is 13.8 Å². The number of hydrogen-bond donors (Lipinski definition) is 0. The fourth-order valence-corrected chi connectivity index (χ4v) is 8.92. The summed E-state index contributed by atoms with van der Waals surface area (Å²) in [6.45, 7) is 13.5. The maximum atomic E-state index is 11.0. The molecule has 0 spiro atoms. The predicted molar refractivity (Wildman–Crippen MR) is 358 cm³/mol. The number of ether oxygens (including phenoxy) is 6. The molecule has 0 unspecified atom stereocenters. The number of carbonyl (C=O) groups is 5. The number of benzene rings is 6. The zero-order valence-electron chi connectivity index (χ0n) is 54.5. The second-order valence-electron chi connectivity index (χ2n) is 21.4. The SMILES string of the molecule is CC(=O)c1ccc(C(C)=O)cc1.CC(=O)c1ccccc1C(C)=O.CCCCCCCCCCCCOc1cc(OC)cc(OCCCCCCCCCCCC)c1.COc1ccc(-c2ccc(OC)cc2)cc1.COc1ccc(/C=C/C(C)=O)cc1. The zero-order chi connectivity index (χ0) is 63.9. The summed E-state index contributed by atoms with van der Waals surface area (Å²) in [6.07, 6.45) is 30.1. The van der Waals surface area contributed by atoms with Crippen molar-refractivity contribution in [2.24, 2.45) is 0 Å². The molecule has 11 heteroatoms. The van der Waals surface area contributed by atoms with Gasteiger partial charge in [-0.25, -0.2) is 0 Å². The first-order chi connectivity index (χ1) is 42.1. The van der Waals surface area contributed by atoms with Gasteiger partial charge in [0.05, 0.1) is 41.7 Å². The third kappa shape index (κ3) is 34.8. The van der Waals surface area contributed by atoms with Gasteiger partial charge in [-0.3, -0.25) is 24.0 Å². The van der Waals surface area contributed by atoms with Gasteiger partial charge in [0, 0.05) is 40.5 Å². The van der Waals surface area contributed by atoms with Crippen molar-refractivity contribution in [2.45, 2.75) is 177 Å². The van der Waals surface area contributed by atoms with Crippen LogP contribution in [0.5, 0.6) is 34.5 Å². The molecule has 0 N–H and O–H groups in total. The molecule has 0 aliphatic heterocycles. The van der Waals surface area contributed by atoms with Gasteiger partial charge in [-0.2, -0.15) is 0 Å². The van der Waals surface area contributed by atoms with Crippen molar-refractivity contribution >= 4 is 35.0 Å². The maximum absolute atomic E-state index is 11.0. The van der Waals surface area contributed by atoms with E-state index in [1.807, 2.05) is 91.0 Å². The van der Waals surface area contributed by atoms with Crippen LogP contribution in [0.2, 0.25) is 0 Å². The van der Waals surface area contributed by atoms with Crippen LogP contribution in [0.1, 0.15) is 224 Å². The van der Waals surface area contributed by atoms with Gasteiger partial charge < -0.3 is 28.4 Å². The van der Waals surface area contributed by atoms with Gasteiger partial charge in [-0.1, -0.05) is 220 Å². The Hall–Kier alpha value is -7.79. The largest absolute Gasteiger partial charge is 0.497 e. The summed E-state index contributed by atoms with van der Waals surface area (Å²) >= 11 is 0. The number of ketones is 5. The van der Waals surface area contributed by atoms with Crippen molar-refractivity contribution in [2.75, 3.05) is 41.7 Å². The van der Waals surface area contributed by atoms with Gasteiger partial charge in [0.2, 0.25) is 0 Å².